The molecule has 27 heavy (non-hydrogen) atoms. The van der Waals surface area contributed by atoms with Crippen molar-refractivity contribution in [3.63, 3.8) is 0 Å². The maximum atomic E-state index is 13.0. The zero-order chi connectivity index (χ0) is 18.6. The largest absolute Gasteiger partial charge is 0.487 e. The molecule has 0 N–H and O–H groups in total. The highest BCUT2D eigenvalue weighted by molar-refractivity contribution is 5.94. The minimum Gasteiger partial charge on any atom is -0.487 e. The second-order valence-corrected chi connectivity index (χ2v) is 8.28. The van der Waals surface area contributed by atoms with Crippen LogP contribution in [0.4, 0.5) is 0 Å². The average Bonchev–Trinajstić information content (AvgIpc) is 3.10. The molecule has 5 rings (SSSR count). The first kappa shape index (κ1) is 16.8. The van der Waals surface area contributed by atoms with Gasteiger partial charge in [0.15, 0.2) is 0 Å². The van der Waals surface area contributed by atoms with Crippen molar-refractivity contribution in [2.45, 2.75) is 50.5 Å². The van der Waals surface area contributed by atoms with Crippen molar-refractivity contribution >= 4 is 5.91 Å². The van der Waals surface area contributed by atoms with Crippen molar-refractivity contribution in [3.05, 3.63) is 59.9 Å². The van der Waals surface area contributed by atoms with Crippen molar-refractivity contribution in [2.75, 3.05) is 6.54 Å². The predicted molar refractivity (Wildman–Crippen MR) is 101 cm³/mol. The van der Waals surface area contributed by atoms with Crippen molar-refractivity contribution in [3.8, 4) is 5.75 Å². The SMILES string of the molecule is CC1(C)Oc2ccccc2[C@@H]2O[C@@H]3CCN(C(=O)c4cccnc4)[C@@H]3C[C@H]21. The van der Waals surface area contributed by atoms with E-state index in [1.165, 1.54) is 0 Å². The molecule has 0 spiro atoms. The summed E-state index contributed by atoms with van der Waals surface area (Å²) in [6.45, 7) is 4.99. The van der Waals surface area contributed by atoms with Crippen LogP contribution in [-0.4, -0.2) is 40.1 Å². The number of para-hydroxylation sites is 1. The first-order valence-corrected chi connectivity index (χ1v) is 9.69. The van der Waals surface area contributed by atoms with Gasteiger partial charge in [-0.1, -0.05) is 18.2 Å². The van der Waals surface area contributed by atoms with Crippen LogP contribution in [0.1, 0.15) is 48.7 Å². The zero-order valence-electron chi connectivity index (χ0n) is 15.7. The summed E-state index contributed by atoms with van der Waals surface area (Å²) in [6.07, 6.45) is 5.21. The summed E-state index contributed by atoms with van der Waals surface area (Å²) in [5.74, 6) is 1.17. The fraction of sp³-hybridized carbons (Fsp3) is 0.455. The summed E-state index contributed by atoms with van der Waals surface area (Å²) in [5, 5.41) is 0. The Bertz CT molecular complexity index is 867. The van der Waals surface area contributed by atoms with Crippen LogP contribution < -0.4 is 4.74 Å². The number of hydrogen-bond acceptors (Lipinski definition) is 4. The van der Waals surface area contributed by atoms with E-state index in [0.29, 0.717) is 5.56 Å². The molecule has 0 radical (unpaired) electrons. The lowest BCUT2D eigenvalue weighted by molar-refractivity contribution is -0.159. The standard InChI is InChI=1S/C22H24N2O3/c1-22(2)16-12-17-19(26-20(16)15-7-3-4-8-18(15)27-22)9-11-24(17)21(25)14-6-5-10-23-13-14/h3-8,10,13,16-17,19-20H,9,11-12H2,1-2H3/t16-,17-,19-,20+/m1/s1. The van der Waals surface area contributed by atoms with Gasteiger partial charge in [-0.05, 0) is 44.9 Å². The van der Waals surface area contributed by atoms with E-state index in [-0.39, 0.29) is 35.7 Å². The van der Waals surface area contributed by atoms with Gasteiger partial charge < -0.3 is 14.4 Å². The van der Waals surface area contributed by atoms with Gasteiger partial charge in [0.05, 0.1) is 23.8 Å². The van der Waals surface area contributed by atoms with Crippen molar-refractivity contribution in [1.29, 1.82) is 0 Å². The van der Waals surface area contributed by atoms with Gasteiger partial charge >= 0.3 is 0 Å². The molecule has 2 saturated heterocycles. The summed E-state index contributed by atoms with van der Waals surface area (Å²) < 4.78 is 12.9. The lowest BCUT2D eigenvalue weighted by Crippen LogP contribution is -2.54. The number of benzene rings is 1. The number of carbonyl (C=O) groups is 1. The maximum absolute atomic E-state index is 13.0. The minimum absolute atomic E-state index is 0.0274. The topological polar surface area (TPSA) is 51.7 Å². The Labute approximate surface area is 159 Å². The summed E-state index contributed by atoms with van der Waals surface area (Å²) in [5.41, 5.74) is 1.44. The molecule has 1 aromatic heterocycles. The monoisotopic (exact) mass is 364 g/mol. The summed E-state index contributed by atoms with van der Waals surface area (Å²) in [4.78, 5) is 19.1. The smallest absolute Gasteiger partial charge is 0.255 e. The number of pyridine rings is 1. The lowest BCUT2D eigenvalue weighted by Gasteiger charge is -2.50. The number of rotatable bonds is 1. The average molecular weight is 364 g/mol. The molecular formula is C22H24N2O3. The molecule has 4 heterocycles. The molecular weight excluding hydrogens is 340 g/mol. The van der Waals surface area contributed by atoms with Crippen LogP contribution in [0, 0.1) is 5.92 Å². The third kappa shape index (κ3) is 2.64. The van der Waals surface area contributed by atoms with Gasteiger partial charge in [0.25, 0.3) is 5.91 Å². The third-order valence-electron chi connectivity index (χ3n) is 6.33. The number of carbonyl (C=O) groups excluding carboxylic acids is 1. The third-order valence-corrected chi connectivity index (χ3v) is 6.33. The summed E-state index contributed by atoms with van der Waals surface area (Å²) in [7, 11) is 0. The maximum Gasteiger partial charge on any atom is 0.255 e. The van der Waals surface area contributed by atoms with E-state index in [4.69, 9.17) is 9.47 Å². The van der Waals surface area contributed by atoms with Gasteiger partial charge in [-0.25, -0.2) is 0 Å². The fourth-order valence-corrected chi connectivity index (χ4v) is 4.94. The van der Waals surface area contributed by atoms with Gasteiger partial charge in [0, 0.05) is 30.4 Å². The van der Waals surface area contributed by atoms with Crippen LogP contribution >= 0.6 is 0 Å². The van der Waals surface area contributed by atoms with E-state index < -0.39 is 0 Å². The molecule has 1 aromatic carbocycles. The number of nitrogens with zero attached hydrogens (tertiary/aromatic N) is 2. The van der Waals surface area contributed by atoms with Gasteiger partial charge in [-0.15, -0.1) is 0 Å². The van der Waals surface area contributed by atoms with Crippen molar-refractivity contribution in [1.82, 2.24) is 9.88 Å². The normalized spacial score (nSPS) is 30.7. The Kier molecular flexibility index (Phi) is 3.76. The molecule has 3 aliphatic rings. The number of likely N-dealkylation sites (tertiary alicyclic amines) is 1. The molecule has 0 unspecified atom stereocenters. The fourth-order valence-electron chi connectivity index (χ4n) is 4.94. The van der Waals surface area contributed by atoms with E-state index in [0.717, 1.165) is 30.7 Å². The molecule has 0 bridgehead atoms. The van der Waals surface area contributed by atoms with E-state index in [1.54, 1.807) is 12.4 Å². The summed E-state index contributed by atoms with van der Waals surface area (Å²) in [6, 6.07) is 11.9. The van der Waals surface area contributed by atoms with E-state index in [1.807, 2.05) is 35.2 Å². The molecule has 4 atom stereocenters. The highest BCUT2D eigenvalue weighted by atomic mass is 16.5. The Morgan fingerprint density at radius 2 is 2.07 bits per heavy atom. The number of aromatic nitrogens is 1. The Hall–Kier alpha value is -2.40. The van der Waals surface area contributed by atoms with Crippen LogP contribution in [0.3, 0.4) is 0 Å². The molecule has 140 valence electrons. The molecule has 5 nitrogen and oxygen atoms in total. The van der Waals surface area contributed by atoms with E-state index in [9.17, 15) is 4.79 Å². The molecule has 5 heteroatoms. The van der Waals surface area contributed by atoms with Crippen molar-refractivity contribution in [2.24, 2.45) is 5.92 Å². The van der Waals surface area contributed by atoms with E-state index in [2.05, 4.69) is 24.9 Å². The number of fused-ring (bicyclic) bond motifs is 4. The Balaban J connectivity index is 1.45. The van der Waals surface area contributed by atoms with Crippen LogP contribution in [0.5, 0.6) is 5.75 Å². The van der Waals surface area contributed by atoms with Crippen LogP contribution in [0.15, 0.2) is 48.8 Å². The van der Waals surface area contributed by atoms with Crippen LogP contribution in [0.25, 0.3) is 0 Å². The Morgan fingerprint density at radius 3 is 2.89 bits per heavy atom. The van der Waals surface area contributed by atoms with Gasteiger partial charge in [0.1, 0.15) is 11.4 Å². The molecule has 0 saturated carbocycles. The van der Waals surface area contributed by atoms with Gasteiger partial charge in [0.2, 0.25) is 0 Å². The molecule has 3 aliphatic heterocycles. The second kappa shape index (κ2) is 6.06. The first-order chi connectivity index (χ1) is 13.0. The Morgan fingerprint density at radius 1 is 1.22 bits per heavy atom. The number of ether oxygens (including phenoxy) is 2. The number of hydrogen-bond donors (Lipinski definition) is 0. The minimum atomic E-state index is -0.338. The lowest BCUT2D eigenvalue weighted by atomic mass is 9.74. The zero-order valence-corrected chi connectivity index (χ0v) is 15.7. The second-order valence-electron chi connectivity index (χ2n) is 8.28. The number of amides is 1. The van der Waals surface area contributed by atoms with Gasteiger partial charge in [-0.3, -0.25) is 9.78 Å². The highest BCUT2D eigenvalue weighted by Gasteiger charge is 2.53. The first-order valence-electron chi connectivity index (χ1n) is 9.69. The van der Waals surface area contributed by atoms with Gasteiger partial charge in [-0.2, -0.15) is 0 Å². The van der Waals surface area contributed by atoms with Crippen molar-refractivity contribution < 1.29 is 14.3 Å². The van der Waals surface area contributed by atoms with Crippen LogP contribution in [-0.2, 0) is 4.74 Å². The predicted octanol–water partition coefficient (Wildman–Crippen LogP) is 3.61. The molecule has 2 aromatic rings. The molecule has 2 fully saturated rings. The van der Waals surface area contributed by atoms with Crippen LogP contribution in [0.2, 0.25) is 0 Å². The van der Waals surface area contributed by atoms with E-state index >= 15 is 0 Å². The molecule has 0 aliphatic carbocycles. The quantitative estimate of drug-likeness (QED) is 0.776. The highest BCUT2D eigenvalue weighted by Crippen LogP contribution is 2.52. The summed E-state index contributed by atoms with van der Waals surface area (Å²) >= 11 is 0. The molecule has 1 amide bonds.